The number of carbonyl (C=O) groups excluding carboxylic acids is 5. The summed E-state index contributed by atoms with van der Waals surface area (Å²) in [6.07, 6.45) is 1.11. The van der Waals surface area contributed by atoms with E-state index in [1.165, 1.54) is 18.1 Å². The van der Waals surface area contributed by atoms with Crippen LogP contribution in [-0.2, 0) is 26.3 Å². The summed E-state index contributed by atoms with van der Waals surface area (Å²) < 4.78 is 22.0. The number of nitrogens with one attached hydrogen (secondary N) is 4. The van der Waals surface area contributed by atoms with E-state index in [1.807, 2.05) is 24.3 Å². The fourth-order valence-electron chi connectivity index (χ4n) is 10.2. The molecule has 1 unspecified atom stereocenters. The molecule has 3 fully saturated rings. The van der Waals surface area contributed by atoms with Gasteiger partial charge in [0.1, 0.15) is 17.6 Å². The number of anilines is 2. The molecule has 5 aliphatic rings. The van der Waals surface area contributed by atoms with Gasteiger partial charge in [0, 0.05) is 77.4 Å². The number of hydrogen-bond donors (Lipinski definition) is 4. The summed E-state index contributed by atoms with van der Waals surface area (Å²) in [5.41, 5.74) is 3.79. The molecule has 4 aromatic carbocycles. The van der Waals surface area contributed by atoms with Crippen LogP contribution in [-0.4, -0.2) is 84.2 Å². The second-order valence-corrected chi connectivity index (χ2v) is 19.3. The molecular formula is C49H47Cl2FN6O6. The van der Waals surface area contributed by atoms with Gasteiger partial charge in [-0.15, -0.1) is 0 Å². The van der Waals surface area contributed by atoms with Gasteiger partial charge in [-0.2, -0.15) is 0 Å². The Morgan fingerprint density at radius 1 is 1.02 bits per heavy atom. The topological polar surface area (TPSA) is 149 Å². The number of nitrogens with zero attached hydrogens (tertiary/aromatic N) is 2. The predicted octanol–water partition coefficient (Wildman–Crippen LogP) is 6.89. The number of halogens is 3. The van der Waals surface area contributed by atoms with Gasteiger partial charge in [-0.25, -0.2) is 4.39 Å². The minimum absolute atomic E-state index is 0.0343. The molecule has 5 amide bonds. The summed E-state index contributed by atoms with van der Waals surface area (Å²) in [6, 6.07) is 18.8. The summed E-state index contributed by atoms with van der Waals surface area (Å²) in [5.74, 6) is 3.65. The number of piperidine rings is 1. The lowest BCUT2D eigenvalue weighted by molar-refractivity contribution is -0.137. The average molecular weight is 906 g/mol. The first-order valence-corrected chi connectivity index (χ1v) is 22.1. The Hall–Kier alpha value is -5.94. The number of likely N-dealkylation sites (tertiary alicyclic amines) is 1. The van der Waals surface area contributed by atoms with Crippen molar-refractivity contribution in [3.05, 3.63) is 122 Å². The van der Waals surface area contributed by atoms with Gasteiger partial charge < -0.3 is 30.5 Å². The van der Waals surface area contributed by atoms with Crippen molar-refractivity contribution in [3.8, 4) is 17.6 Å². The van der Waals surface area contributed by atoms with Crippen molar-refractivity contribution in [2.24, 2.45) is 11.3 Å². The van der Waals surface area contributed by atoms with Gasteiger partial charge in [0.25, 0.3) is 11.8 Å². The summed E-state index contributed by atoms with van der Waals surface area (Å²) in [7, 11) is 1.46. The van der Waals surface area contributed by atoms with Gasteiger partial charge in [0.2, 0.25) is 17.7 Å². The molecule has 15 heteroatoms. The smallest absolute Gasteiger partial charge is 0.255 e. The van der Waals surface area contributed by atoms with Gasteiger partial charge in [0.05, 0.1) is 29.8 Å². The molecule has 64 heavy (non-hydrogen) atoms. The molecule has 12 nitrogen and oxygen atoms in total. The van der Waals surface area contributed by atoms with E-state index in [-0.39, 0.29) is 65.3 Å². The molecule has 4 N–H and O–H groups in total. The number of methoxy groups -OCH3 is 1. The van der Waals surface area contributed by atoms with Crippen LogP contribution in [0.2, 0.25) is 10.0 Å². The fraction of sp³-hybridized carbons (Fsp3) is 0.367. The first-order chi connectivity index (χ1) is 30.6. The minimum Gasteiger partial charge on any atom is -0.495 e. The van der Waals surface area contributed by atoms with Crippen molar-refractivity contribution in [1.82, 2.24) is 20.4 Å². The van der Waals surface area contributed by atoms with Crippen LogP contribution in [0.1, 0.15) is 88.9 Å². The number of hydrogen-bond acceptors (Lipinski definition) is 8. The standard InChI is InChI=1S/C49H47Cl2FN6O6/c1-48(2,3)21-39-49(25-53-36-20-29(50)14-15-33(36)49)41(31-9-6-10-34(51)42(31)52)43(55-39)45(61)54-35-16-13-28(19-38(35)64-4)46(62)57-22-26(23-57)11-12-27-7-5-8-30-32(27)24-58(47(30)63)37-17-18-40(59)56-44(37)60/h5-10,13-16,19-20,26,37,39,41,43,53,55H,17-18,21-25H2,1-4H3,(H,54,61)(H,56,59,60)/t37?,39-,41-,43+,49-/m0/s1. The van der Waals surface area contributed by atoms with Crippen LogP contribution in [0.25, 0.3) is 0 Å². The summed E-state index contributed by atoms with van der Waals surface area (Å²) in [4.78, 5) is 69.1. The number of rotatable bonds is 7. The fourth-order valence-corrected chi connectivity index (χ4v) is 10.6. The molecule has 3 saturated heterocycles. The van der Waals surface area contributed by atoms with Crippen LogP contribution < -0.4 is 26.0 Å². The normalized spacial score (nSPS) is 23.8. The molecule has 4 aromatic rings. The molecule has 5 atom stereocenters. The molecule has 1 spiro atoms. The molecule has 0 aromatic heterocycles. The average Bonchev–Trinajstić information content (AvgIpc) is 3.88. The van der Waals surface area contributed by atoms with E-state index in [0.717, 1.165) is 16.8 Å². The zero-order valence-electron chi connectivity index (χ0n) is 35.7. The van der Waals surface area contributed by atoms with Gasteiger partial charge in [-0.3, -0.25) is 29.3 Å². The monoisotopic (exact) mass is 904 g/mol. The first kappa shape index (κ1) is 43.3. The van der Waals surface area contributed by atoms with E-state index in [4.69, 9.17) is 27.9 Å². The van der Waals surface area contributed by atoms with E-state index < -0.39 is 41.0 Å². The second-order valence-electron chi connectivity index (χ2n) is 18.5. The molecule has 5 heterocycles. The molecule has 0 radical (unpaired) electrons. The van der Waals surface area contributed by atoms with Crippen molar-refractivity contribution >= 4 is 64.1 Å². The molecule has 330 valence electrons. The maximum absolute atomic E-state index is 16.3. The second kappa shape index (κ2) is 16.6. The Kier molecular flexibility index (Phi) is 11.2. The van der Waals surface area contributed by atoms with Crippen molar-refractivity contribution in [3.63, 3.8) is 0 Å². The van der Waals surface area contributed by atoms with Crippen LogP contribution in [0, 0.1) is 29.0 Å². The lowest BCUT2D eigenvalue weighted by atomic mass is 9.63. The van der Waals surface area contributed by atoms with Crippen LogP contribution in [0.3, 0.4) is 0 Å². The molecular weight excluding hydrogens is 858 g/mol. The van der Waals surface area contributed by atoms with Crippen molar-refractivity contribution in [2.75, 3.05) is 37.4 Å². The van der Waals surface area contributed by atoms with Gasteiger partial charge >= 0.3 is 0 Å². The van der Waals surface area contributed by atoms with Gasteiger partial charge in [0.15, 0.2) is 0 Å². The van der Waals surface area contributed by atoms with Crippen LogP contribution in [0.15, 0.2) is 72.8 Å². The number of benzene rings is 4. The van der Waals surface area contributed by atoms with Crippen molar-refractivity contribution in [2.45, 2.75) is 76.0 Å². The Bertz CT molecular complexity index is 2710. The maximum atomic E-state index is 16.3. The van der Waals surface area contributed by atoms with Crippen molar-refractivity contribution < 1.29 is 33.1 Å². The maximum Gasteiger partial charge on any atom is 0.255 e. The van der Waals surface area contributed by atoms with E-state index >= 15 is 4.39 Å². The Morgan fingerprint density at radius 3 is 2.55 bits per heavy atom. The third kappa shape index (κ3) is 7.65. The van der Waals surface area contributed by atoms with Crippen LogP contribution in [0.4, 0.5) is 15.8 Å². The number of amides is 5. The SMILES string of the molecule is COc1cc(C(=O)N2CC(C#Cc3cccc4c3CN(C3CCC(=O)NC3=O)C4=O)C2)ccc1NC(=O)[C@@H]1N[C@@H](CC(C)(C)C)[C@@]2(CNc3cc(Cl)ccc32)[C@H]1c1cccc(Cl)c1F. The number of imide groups is 1. The molecule has 9 rings (SSSR count). The Labute approximate surface area is 380 Å². The highest BCUT2D eigenvalue weighted by Crippen LogP contribution is 2.56. The van der Waals surface area contributed by atoms with E-state index in [2.05, 4.69) is 53.9 Å². The zero-order valence-corrected chi connectivity index (χ0v) is 37.3. The third-order valence-corrected chi connectivity index (χ3v) is 13.8. The van der Waals surface area contributed by atoms with Gasteiger partial charge in [-0.05, 0) is 83.5 Å². The highest BCUT2D eigenvalue weighted by molar-refractivity contribution is 6.31. The third-order valence-electron chi connectivity index (χ3n) is 13.2. The minimum atomic E-state index is -0.907. The molecule has 5 aliphatic heterocycles. The Balaban J connectivity index is 0.916. The first-order valence-electron chi connectivity index (χ1n) is 21.4. The highest BCUT2D eigenvalue weighted by atomic mass is 35.5. The zero-order chi connectivity index (χ0) is 45.2. The van der Waals surface area contributed by atoms with E-state index in [0.29, 0.717) is 59.0 Å². The largest absolute Gasteiger partial charge is 0.495 e. The molecule has 0 aliphatic carbocycles. The van der Waals surface area contributed by atoms with Crippen molar-refractivity contribution in [1.29, 1.82) is 0 Å². The predicted molar refractivity (Wildman–Crippen MR) is 241 cm³/mol. The quantitative estimate of drug-likeness (QED) is 0.116. The summed E-state index contributed by atoms with van der Waals surface area (Å²) >= 11 is 12.9. The van der Waals surface area contributed by atoms with Crippen LogP contribution in [0.5, 0.6) is 5.75 Å². The summed E-state index contributed by atoms with van der Waals surface area (Å²) in [5, 5.41) is 13.1. The van der Waals surface area contributed by atoms with E-state index in [1.54, 1.807) is 47.4 Å². The lowest BCUT2D eigenvalue weighted by Crippen LogP contribution is -2.52. The van der Waals surface area contributed by atoms with Gasteiger partial charge in [-0.1, -0.05) is 80.1 Å². The lowest BCUT2D eigenvalue weighted by Gasteiger charge is -2.39. The Morgan fingerprint density at radius 2 is 1.80 bits per heavy atom. The van der Waals surface area contributed by atoms with Crippen LogP contribution >= 0.6 is 23.2 Å². The number of ether oxygens (including phenoxy) is 1. The molecule has 0 saturated carbocycles. The molecule has 0 bridgehead atoms. The van der Waals surface area contributed by atoms with E-state index in [9.17, 15) is 24.0 Å². The highest BCUT2D eigenvalue weighted by Gasteiger charge is 2.61. The number of fused-ring (bicyclic) bond motifs is 3. The number of carbonyl (C=O) groups is 5. The summed E-state index contributed by atoms with van der Waals surface area (Å²) in [6.45, 7) is 7.84.